The minimum atomic E-state index is 0.0745. The van der Waals surface area contributed by atoms with Gasteiger partial charge in [-0.15, -0.1) is 0 Å². The summed E-state index contributed by atoms with van der Waals surface area (Å²) in [4.78, 5) is 2.37. The molecule has 2 N–H and O–H groups in total. The molecule has 0 aromatic heterocycles. The number of nitrogens with zero attached hydrogens (tertiary/aromatic N) is 1. The van der Waals surface area contributed by atoms with Gasteiger partial charge in [0.25, 0.3) is 0 Å². The molecule has 0 saturated carbocycles. The van der Waals surface area contributed by atoms with E-state index in [0.717, 1.165) is 32.0 Å². The summed E-state index contributed by atoms with van der Waals surface area (Å²) in [6.07, 6.45) is 0.133. The highest BCUT2D eigenvalue weighted by molar-refractivity contribution is 5.33. The van der Waals surface area contributed by atoms with Crippen molar-refractivity contribution in [3.05, 3.63) is 29.8 Å². The van der Waals surface area contributed by atoms with Crippen molar-refractivity contribution in [2.24, 2.45) is 5.73 Å². The van der Waals surface area contributed by atoms with E-state index in [1.165, 1.54) is 5.56 Å². The molecule has 18 heavy (non-hydrogen) atoms. The third kappa shape index (κ3) is 3.22. The van der Waals surface area contributed by atoms with Crippen LogP contribution in [0.1, 0.15) is 12.5 Å². The fraction of sp³-hybridized carbons (Fsp3) is 0.571. The molecule has 0 spiro atoms. The molecule has 100 valence electrons. The average molecular weight is 250 g/mol. The Labute approximate surface area is 109 Å². The number of nitrogens with two attached hydrogens (primary N) is 1. The Bertz CT molecular complexity index is 382. The molecular weight excluding hydrogens is 228 g/mol. The zero-order valence-electron chi connectivity index (χ0n) is 11.1. The normalized spacial score (nSPS) is 22.7. The van der Waals surface area contributed by atoms with Crippen LogP contribution in [0.2, 0.25) is 0 Å². The Morgan fingerprint density at radius 3 is 3.00 bits per heavy atom. The van der Waals surface area contributed by atoms with E-state index in [1.54, 1.807) is 7.11 Å². The summed E-state index contributed by atoms with van der Waals surface area (Å²) >= 11 is 0. The van der Waals surface area contributed by atoms with Gasteiger partial charge in [-0.25, -0.2) is 0 Å². The smallest absolute Gasteiger partial charge is 0.123 e. The van der Waals surface area contributed by atoms with E-state index in [4.69, 9.17) is 15.2 Å². The Morgan fingerprint density at radius 2 is 2.28 bits per heavy atom. The van der Waals surface area contributed by atoms with E-state index in [9.17, 15) is 0 Å². The van der Waals surface area contributed by atoms with Gasteiger partial charge in [0.2, 0.25) is 0 Å². The third-order valence-corrected chi connectivity index (χ3v) is 3.35. The van der Waals surface area contributed by atoms with Gasteiger partial charge in [-0.1, -0.05) is 18.2 Å². The van der Waals surface area contributed by atoms with Crippen molar-refractivity contribution in [1.82, 2.24) is 4.90 Å². The Hall–Kier alpha value is -1.10. The van der Waals surface area contributed by atoms with Gasteiger partial charge in [-0.2, -0.15) is 0 Å². The number of rotatable bonds is 4. The number of hydrogen-bond donors (Lipinski definition) is 1. The number of methoxy groups -OCH3 is 1. The molecule has 4 heteroatoms. The summed E-state index contributed by atoms with van der Waals surface area (Å²) in [5.74, 6) is 0.946. The lowest BCUT2D eigenvalue weighted by molar-refractivity contribution is -0.0405. The maximum Gasteiger partial charge on any atom is 0.123 e. The lowest BCUT2D eigenvalue weighted by Crippen LogP contribution is -2.49. The molecule has 2 unspecified atom stereocenters. The van der Waals surface area contributed by atoms with Crippen LogP contribution in [0.15, 0.2) is 24.3 Å². The molecule has 0 bridgehead atoms. The van der Waals surface area contributed by atoms with Gasteiger partial charge in [0, 0.05) is 31.2 Å². The molecule has 0 amide bonds. The van der Waals surface area contributed by atoms with Crippen LogP contribution in [0.4, 0.5) is 0 Å². The predicted octanol–water partition coefficient (Wildman–Crippen LogP) is 1.24. The summed E-state index contributed by atoms with van der Waals surface area (Å²) in [6.45, 7) is 5.46. The van der Waals surface area contributed by atoms with Gasteiger partial charge >= 0.3 is 0 Å². The monoisotopic (exact) mass is 250 g/mol. The van der Waals surface area contributed by atoms with Gasteiger partial charge in [-0.3, -0.25) is 4.90 Å². The molecule has 1 aromatic carbocycles. The van der Waals surface area contributed by atoms with Crippen LogP contribution in [0.25, 0.3) is 0 Å². The minimum Gasteiger partial charge on any atom is -0.496 e. The summed E-state index contributed by atoms with van der Waals surface area (Å²) in [6, 6.07) is 8.22. The van der Waals surface area contributed by atoms with E-state index in [2.05, 4.69) is 11.0 Å². The van der Waals surface area contributed by atoms with E-state index in [-0.39, 0.29) is 12.1 Å². The highest BCUT2D eigenvalue weighted by Gasteiger charge is 2.23. The average Bonchev–Trinajstić information content (AvgIpc) is 2.39. The van der Waals surface area contributed by atoms with Crippen LogP contribution >= 0.6 is 0 Å². The molecule has 1 aliphatic heterocycles. The van der Waals surface area contributed by atoms with E-state index in [1.807, 2.05) is 25.1 Å². The van der Waals surface area contributed by atoms with Crippen molar-refractivity contribution in [2.75, 3.05) is 26.8 Å². The standard InChI is InChI=1S/C14H22N2O2/c1-11(15)14-10-16(7-8-18-14)9-12-5-3-4-6-13(12)17-2/h3-6,11,14H,7-10,15H2,1-2H3. The maximum atomic E-state index is 5.90. The van der Waals surface area contributed by atoms with Crippen molar-refractivity contribution in [1.29, 1.82) is 0 Å². The molecule has 1 aromatic rings. The van der Waals surface area contributed by atoms with E-state index >= 15 is 0 Å². The first-order valence-corrected chi connectivity index (χ1v) is 6.42. The molecular formula is C14H22N2O2. The molecule has 2 atom stereocenters. The van der Waals surface area contributed by atoms with Crippen molar-refractivity contribution >= 4 is 0 Å². The fourth-order valence-electron chi connectivity index (χ4n) is 2.27. The molecule has 1 saturated heterocycles. The van der Waals surface area contributed by atoms with Crippen molar-refractivity contribution in [3.63, 3.8) is 0 Å². The molecule has 1 aliphatic rings. The van der Waals surface area contributed by atoms with Gasteiger partial charge in [0.05, 0.1) is 19.8 Å². The van der Waals surface area contributed by atoms with E-state index < -0.39 is 0 Å². The maximum absolute atomic E-state index is 5.90. The minimum absolute atomic E-state index is 0.0745. The summed E-state index contributed by atoms with van der Waals surface area (Å²) in [5, 5.41) is 0. The van der Waals surface area contributed by atoms with Gasteiger partial charge in [0.15, 0.2) is 0 Å². The van der Waals surface area contributed by atoms with Crippen LogP contribution < -0.4 is 10.5 Å². The van der Waals surface area contributed by atoms with Gasteiger partial charge in [0.1, 0.15) is 5.75 Å². The SMILES string of the molecule is COc1ccccc1CN1CCOC(C(C)N)C1. The molecule has 1 heterocycles. The predicted molar refractivity (Wildman–Crippen MR) is 71.7 cm³/mol. The lowest BCUT2D eigenvalue weighted by atomic mass is 10.1. The van der Waals surface area contributed by atoms with Crippen LogP contribution in [0.5, 0.6) is 5.75 Å². The molecule has 0 radical (unpaired) electrons. The van der Waals surface area contributed by atoms with E-state index in [0.29, 0.717) is 0 Å². The highest BCUT2D eigenvalue weighted by Crippen LogP contribution is 2.20. The van der Waals surface area contributed by atoms with Crippen LogP contribution in [-0.4, -0.2) is 43.9 Å². The molecule has 2 rings (SSSR count). The quantitative estimate of drug-likeness (QED) is 0.873. The second-order valence-electron chi connectivity index (χ2n) is 4.82. The second-order valence-corrected chi connectivity index (χ2v) is 4.82. The topological polar surface area (TPSA) is 47.7 Å². The second kappa shape index (κ2) is 6.18. The first-order valence-electron chi connectivity index (χ1n) is 6.42. The summed E-state index contributed by atoms with van der Waals surface area (Å²) in [7, 11) is 1.71. The van der Waals surface area contributed by atoms with Crippen molar-refractivity contribution < 1.29 is 9.47 Å². The number of ether oxygens (including phenoxy) is 2. The number of benzene rings is 1. The summed E-state index contributed by atoms with van der Waals surface area (Å²) < 4.78 is 11.0. The molecule has 4 nitrogen and oxygen atoms in total. The Morgan fingerprint density at radius 1 is 1.50 bits per heavy atom. The highest BCUT2D eigenvalue weighted by atomic mass is 16.5. The first-order chi connectivity index (χ1) is 8.70. The van der Waals surface area contributed by atoms with Gasteiger partial charge < -0.3 is 15.2 Å². The molecule has 0 aliphatic carbocycles. The number of morpholine rings is 1. The van der Waals surface area contributed by atoms with Crippen LogP contribution in [0, 0.1) is 0 Å². The fourth-order valence-corrected chi connectivity index (χ4v) is 2.27. The largest absolute Gasteiger partial charge is 0.496 e. The zero-order chi connectivity index (χ0) is 13.0. The molecule has 1 fully saturated rings. The van der Waals surface area contributed by atoms with Crippen molar-refractivity contribution in [3.8, 4) is 5.75 Å². The summed E-state index contributed by atoms with van der Waals surface area (Å²) in [5.41, 5.74) is 7.12. The van der Waals surface area contributed by atoms with Gasteiger partial charge in [-0.05, 0) is 13.0 Å². The van der Waals surface area contributed by atoms with Crippen LogP contribution in [0.3, 0.4) is 0 Å². The van der Waals surface area contributed by atoms with Crippen LogP contribution in [-0.2, 0) is 11.3 Å². The number of hydrogen-bond acceptors (Lipinski definition) is 4. The number of para-hydroxylation sites is 1. The van der Waals surface area contributed by atoms with Crippen molar-refractivity contribution in [2.45, 2.75) is 25.6 Å². The lowest BCUT2D eigenvalue weighted by Gasteiger charge is -2.34. The first kappa shape index (κ1) is 13.3. The third-order valence-electron chi connectivity index (χ3n) is 3.35. The Kier molecular flexibility index (Phi) is 4.58. The Balaban J connectivity index is 2.00. The zero-order valence-corrected chi connectivity index (χ0v) is 11.1.